The topological polar surface area (TPSA) is 78.6 Å². The van der Waals surface area contributed by atoms with Gasteiger partial charge in [-0.1, -0.05) is 30.9 Å². The van der Waals surface area contributed by atoms with Crippen molar-refractivity contribution in [1.82, 2.24) is 9.47 Å². The Morgan fingerprint density at radius 1 is 1.32 bits per heavy atom. The fraction of sp³-hybridized carbons (Fsp3) is 0.545. The molecule has 0 spiro atoms. The summed E-state index contributed by atoms with van der Waals surface area (Å²) < 4.78 is 7.15. The first-order valence-electron chi connectivity index (χ1n) is 10.4. The van der Waals surface area contributed by atoms with E-state index in [4.69, 9.17) is 17.0 Å². The molecule has 3 heterocycles. The first kappa shape index (κ1) is 23.5. The van der Waals surface area contributed by atoms with Crippen LogP contribution < -0.4 is 10.5 Å². The molecule has 166 valence electrons. The number of hydrogen-bond donors (Lipinski definition) is 0. The van der Waals surface area contributed by atoms with Crippen molar-refractivity contribution in [3.05, 3.63) is 31.9 Å². The van der Waals surface area contributed by atoms with Crippen LogP contribution in [0, 0.1) is 24.2 Å². The predicted molar refractivity (Wildman–Crippen MR) is 128 cm³/mol. The zero-order valence-electron chi connectivity index (χ0n) is 18.4. The van der Waals surface area contributed by atoms with Crippen molar-refractivity contribution in [1.29, 1.82) is 5.26 Å². The SMILES string of the molecule is COCCCN1C(=O)/C(=C\c2c(C)c(C#N)c(=O)n(C)c2N2CCC(C)CC2)SC1=S. The number of ether oxygens (including phenoxy) is 1. The quantitative estimate of drug-likeness (QED) is 0.367. The normalized spacial score (nSPS) is 18.9. The lowest BCUT2D eigenvalue weighted by molar-refractivity contribution is -0.122. The van der Waals surface area contributed by atoms with Crippen LogP contribution in [0.25, 0.3) is 6.08 Å². The van der Waals surface area contributed by atoms with E-state index >= 15 is 0 Å². The molecular weight excluding hydrogens is 432 g/mol. The molecule has 2 saturated heterocycles. The van der Waals surface area contributed by atoms with Gasteiger partial charge in [-0.3, -0.25) is 19.1 Å². The number of hydrogen-bond acceptors (Lipinski definition) is 7. The van der Waals surface area contributed by atoms with E-state index in [0.29, 0.717) is 40.3 Å². The van der Waals surface area contributed by atoms with Gasteiger partial charge in [0.1, 0.15) is 21.8 Å². The summed E-state index contributed by atoms with van der Waals surface area (Å²) in [6.45, 7) is 6.73. The standard InChI is InChI=1S/C22H28N4O3S2/c1-14-6-9-25(10-7-14)19-16(15(2)17(13-23)20(27)24(19)3)12-18-21(28)26(22(30)31-18)8-5-11-29-4/h12,14H,5-11H2,1-4H3/b18-12+. The lowest BCUT2D eigenvalue weighted by atomic mass is 9.97. The van der Waals surface area contributed by atoms with Gasteiger partial charge in [0.05, 0.1) is 4.91 Å². The Morgan fingerprint density at radius 2 is 2.00 bits per heavy atom. The van der Waals surface area contributed by atoms with Gasteiger partial charge >= 0.3 is 0 Å². The van der Waals surface area contributed by atoms with Crippen LogP contribution in [0.3, 0.4) is 0 Å². The van der Waals surface area contributed by atoms with E-state index < -0.39 is 0 Å². The number of nitriles is 1. The second kappa shape index (κ2) is 9.98. The van der Waals surface area contributed by atoms with Crippen LogP contribution in [0.2, 0.25) is 0 Å². The molecule has 1 aromatic heterocycles. The van der Waals surface area contributed by atoms with Crippen LogP contribution in [-0.2, 0) is 16.6 Å². The monoisotopic (exact) mass is 460 g/mol. The second-order valence-electron chi connectivity index (χ2n) is 8.06. The van der Waals surface area contributed by atoms with E-state index in [1.807, 2.05) is 6.07 Å². The van der Waals surface area contributed by atoms with Crippen molar-refractivity contribution in [3.63, 3.8) is 0 Å². The number of methoxy groups -OCH3 is 1. The van der Waals surface area contributed by atoms with Gasteiger partial charge in [-0.05, 0) is 43.7 Å². The minimum Gasteiger partial charge on any atom is -0.385 e. The number of carbonyl (C=O) groups excluding carboxylic acids is 1. The molecule has 0 unspecified atom stereocenters. The number of anilines is 1. The molecule has 2 fully saturated rings. The lowest BCUT2D eigenvalue weighted by Crippen LogP contribution is -2.38. The Balaban J connectivity index is 2.07. The van der Waals surface area contributed by atoms with Crippen molar-refractivity contribution < 1.29 is 9.53 Å². The maximum Gasteiger partial charge on any atom is 0.270 e. The van der Waals surface area contributed by atoms with E-state index in [0.717, 1.165) is 37.3 Å². The summed E-state index contributed by atoms with van der Waals surface area (Å²) in [7, 11) is 3.32. The van der Waals surface area contributed by atoms with E-state index in [1.54, 1.807) is 36.6 Å². The highest BCUT2D eigenvalue weighted by atomic mass is 32.2. The second-order valence-corrected chi connectivity index (χ2v) is 9.74. The maximum atomic E-state index is 13.0. The number of pyridine rings is 1. The maximum absolute atomic E-state index is 13.0. The summed E-state index contributed by atoms with van der Waals surface area (Å²) in [4.78, 5) is 30.2. The van der Waals surface area contributed by atoms with Crippen molar-refractivity contribution >= 4 is 46.1 Å². The van der Waals surface area contributed by atoms with Crippen molar-refractivity contribution in [2.24, 2.45) is 13.0 Å². The van der Waals surface area contributed by atoms with Gasteiger partial charge in [0.25, 0.3) is 11.5 Å². The van der Waals surface area contributed by atoms with Crippen LogP contribution in [0.4, 0.5) is 5.82 Å². The molecule has 1 aromatic rings. The zero-order valence-corrected chi connectivity index (χ0v) is 20.1. The molecule has 0 saturated carbocycles. The number of rotatable bonds is 6. The van der Waals surface area contributed by atoms with Crippen molar-refractivity contribution in [3.8, 4) is 6.07 Å². The first-order chi connectivity index (χ1) is 14.8. The number of amides is 1. The van der Waals surface area contributed by atoms with E-state index in [-0.39, 0.29) is 17.0 Å². The number of thiocarbonyl (C=S) groups is 1. The molecule has 2 aliphatic heterocycles. The summed E-state index contributed by atoms with van der Waals surface area (Å²) in [6, 6.07) is 2.05. The average Bonchev–Trinajstić information content (AvgIpc) is 3.01. The van der Waals surface area contributed by atoms with Gasteiger partial charge in [-0.2, -0.15) is 5.26 Å². The minimum atomic E-state index is -0.308. The highest BCUT2D eigenvalue weighted by molar-refractivity contribution is 8.26. The fourth-order valence-electron chi connectivity index (χ4n) is 4.01. The Bertz CT molecular complexity index is 1020. The number of carbonyl (C=O) groups is 1. The molecule has 7 nitrogen and oxygen atoms in total. The molecule has 0 N–H and O–H groups in total. The van der Waals surface area contributed by atoms with E-state index in [1.165, 1.54) is 11.8 Å². The molecular formula is C22H28N4O3S2. The van der Waals surface area contributed by atoms with Crippen molar-refractivity contribution in [2.75, 3.05) is 38.3 Å². The lowest BCUT2D eigenvalue weighted by Gasteiger charge is -2.34. The van der Waals surface area contributed by atoms with Gasteiger partial charge in [-0.25, -0.2) is 0 Å². The summed E-state index contributed by atoms with van der Waals surface area (Å²) in [5.74, 6) is 1.26. The first-order valence-corrected chi connectivity index (χ1v) is 11.7. The number of nitrogens with zero attached hydrogens (tertiary/aromatic N) is 4. The molecule has 0 aromatic carbocycles. The largest absolute Gasteiger partial charge is 0.385 e. The van der Waals surface area contributed by atoms with Gasteiger partial charge in [-0.15, -0.1) is 0 Å². The fourth-order valence-corrected chi connectivity index (χ4v) is 5.30. The van der Waals surface area contributed by atoms with Crippen LogP contribution in [0.15, 0.2) is 9.70 Å². The third-order valence-corrected chi connectivity index (χ3v) is 7.31. The highest BCUT2D eigenvalue weighted by Gasteiger charge is 2.33. The summed E-state index contributed by atoms with van der Waals surface area (Å²) in [5.41, 5.74) is 1.14. The van der Waals surface area contributed by atoms with Gasteiger partial charge in [0, 0.05) is 46.0 Å². The molecule has 0 aliphatic carbocycles. The predicted octanol–water partition coefficient (Wildman–Crippen LogP) is 3.04. The molecule has 2 aliphatic rings. The summed E-state index contributed by atoms with van der Waals surface area (Å²) in [5, 5.41) is 9.59. The van der Waals surface area contributed by atoms with Gasteiger partial charge < -0.3 is 9.64 Å². The third-order valence-electron chi connectivity index (χ3n) is 5.93. The molecule has 0 atom stereocenters. The van der Waals surface area contributed by atoms with E-state index in [9.17, 15) is 14.9 Å². The van der Waals surface area contributed by atoms with Gasteiger partial charge in [0.15, 0.2) is 0 Å². The molecule has 1 amide bonds. The Labute approximate surface area is 192 Å². The van der Waals surface area contributed by atoms with Crippen LogP contribution >= 0.6 is 24.0 Å². The molecule has 31 heavy (non-hydrogen) atoms. The zero-order chi connectivity index (χ0) is 22.7. The van der Waals surface area contributed by atoms with Crippen LogP contribution in [-0.4, -0.2) is 53.0 Å². The highest BCUT2D eigenvalue weighted by Crippen LogP contribution is 2.36. The molecule has 0 radical (unpaired) electrons. The number of thioether (sulfide) groups is 1. The van der Waals surface area contributed by atoms with Crippen LogP contribution in [0.1, 0.15) is 42.9 Å². The van der Waals surface area contributed by atoms with Crippen LogP contribution in [0.5, 0.6) is 0 Å². The Morgan fingerprint density at radius 3 is 2.61 bits per heavy atom. The Kier molecular flexibility index (Phi) is 7.57. The smallest absolute Gasteiger partial charge is 0.270 e. The van der Waals surface area contributed by atoms with E-state index in [2.05, 4.69) is 11.8 Å². The molecule has 9 heteroatoms. The Hall–Kier alpha value is -2.15. The summed E-state index contributed by atoms with van der Waals surface area (Å²) >= 11 is 6.69. The average molecular weight is 461 g/mol. The molecule has 3 rings (SSSR count). The van der Waals surface area contributed by atoms with Crippen molar-refractivity contribution in [2.45, 2.75) is 33.1 Å². The minimum absolute atomic E-state index is 0.110. The van der Waals surface area contributed by atoms with Gasteiger partial charge in [0.2, 0.25) is 0 Å². The number of piperidine rings is 1. The number of aromatic nitrogens is 1. The summed E-state index contributed by atoms with van der Waals surface area (Å²) in [6.07, 6.45) is 4.58. The molecule has 0 bridgehead atoms. The third kappa shape index (κ3) is 4.71.